The van der Waals surface area contributed by atoms with Crippen molar-refractivity contribution >= 4 is 27.5 Å². The van der Waals surface area contributed by atoms with Gasteiger partial charge in [-0.25, -0.2) is 17.5 Å². The minimum Gasteiger partial charge on any atom is -0.495 e. The van der Waals surface area contributed by atoms with Crippen LogP contribution >= 0.6 is 11.6 Å². The molecule has 0 aromatic heterocycles. The Morgan fingerprint density at radius 1 is 1.26 bits per heavy atom. The summed E-state index contributed by atoms with van der Waals surface area (Å²) in [7, 11) is -2.58. The summed E-state index contributed by atoms with van der Waals surface area (Å²) >= 11 is 6.15. The van der Waals surface area contributed by atoms with E-state index in [1.165, 1.54) is 37.4 Å². The number of hydrogen-bond donors (Lipinski definition) is 1. The molecule has 9 heteroatoms. The molecule has 0 bridgehead atoms. The molecule has 1 aliphatic rings. The highest BCUT2D eigenvalue weighted by Crippen LogP contribution is 2.33. The quantitative estimate of drug-likeness (QED) is 0.654. The molecule has 0 saturated heterocycles. The summed E-state index contributed by atoms with van der Waals surface area (Å²) in [6, 6.07) is 8.60. The fourth-order valence-corrected chi connectivity index (χ4v) is 5.09. The maximum atomic E-state index is 14.3. The molecule has 168 valence electrons. The first-order valence-corrected chi connectivity index (χ1v) is 11.7. The molecule has 31 heavy (non-hydrogen) atoms. The lowest BCUT2D eigenvalue weighted by molar-refractivity contribution is 0.0728. The topological polar surface area (TPSA) is 75.7 Å². The van der Waals surface area contributed by atoms with E-state index < -0.39 is 27.3 Å². The van der Waals surface area contributed by atoms with Gasteiger partial charge in [0, 0.05) is 27.7 Å². The van der Waals surface area contributed by atoms with Crippen molar-refractivity contribution in [2.45, 2.75) is 56.6 Å². The van der Waals surface area contributed by atoms with E-state index in [0.29, 0.717) is 0 Å². The maximum Gasteiger partial charge on any atom is 0.254 e. The lowest BCUT2D eigenvalue weighted by Crippen LogP contribution is -2.40. The number of carbonyl (C=O) groups excluding carboxylic acids is 1. The number of ether oxygens (including phenoxy) is 1. The summed E-state index contributed by atoms with van der Waals surface area (Å²) < 4.78 is 47.9. The van der Waals surface area contributed by atoms with Gasteiger partial charge in [0.15, 0.2) is 0 Å². The van der Waals surface area contributed by atoms with Gasteiger partial charge in [-0.3, -0.25) is 4.79 Å². The number of methoxy groups -OCH3 is 1. The smallest absolute Gasteiger partial charge is 0.254 e. The van der Waals surface area contributed by atoms with E-state index in [9.17, 15) is 17.6 Å². The van der Waals surface area contributed by atoms with Crippen molar-refractivity contribution < 1.29 is 22.3 Å². The third-order valence-electron chi connectivity index (χ3n) is 4.78. The van der Waals surface area contributed by atoms with Crippen molar-refractivity contribution in [1.29, 1.82) is 0 Å². The maximum absolute atomic E-state index is 14.3. The lowest BCUT2D eigenvalue weighted by atomic mass is 10.1. The molecule has 0 aliphatic heterocycles. The molecular weight excluding hydrogens is 443 g/mol. The van der Waals surface area contributed by atoms with Gasteiger partial charge in [-0.2, -0.15) is 0 Å². The predicted molar refractivity (Wildman–Crippen MR) is 117 cm³/mol. The molecule has 1 amide bonds. The van der Waals surface area contributed by atoms with E-state index in [-0.39, 0.29) is 39.4 Å². The first-order valence-electron chi connectivity index (χ1n) is 9.89. The monoisotopic (exact) mass is 468 g/mol. The number of rotatable bonds is 7. The number of carbonyl (C=O) groups is 1. The van der Waals surface area contributed by atoms with Gasteiger partial charge in [-0.15, -0.1) is 0 Å². The van der Waals surface area contributed by atoms with Crippen molar-refractivity contribution in [1.82, 2.24) is 9.62 Å². The molecule has 6 nitrogen and oxygen atoms in total. The Balaban J connectivity index is 1.98. The van der Waals surface area contributed by atoms with Crippen LogP contribution in [0.5, 0.6) is 5.75 Å². The van der Waals surface area contributed by atoms with Gasteiger partial charge < -0.3 is 9.64 Å². The third-order valence-corrected chi connectivity index (χ3v) is 6.91. The van der Waals surface area contributed by atoms with Gasteiger partial charge in [-0.1, -0.05) is 17.7 Å². The molecule has 3 rings (SSSR count). The second-order valence-corrected chi connectivity index (χ2v) is 10.6. The van der Waals surface area contributed by atoms with Crippen LogP contribution in [0, 0.1) is 5.82 Å². The van der Waals surface area contributed by atoms with Gasteiger partial charge in [0.1, 0.15) is 16.5 Å². The van der Waals surface area contributed by atoms with Crippen molar-refractivity contribution in [3.8, 4) is 5.75 Å². The highest BCUT2D eigenvalue weighted by atomic mass is 35.5. The number of nitrogens with one attached hydrogen (secondary N) is 1. The van der Waals surface area contributed by atoms with Crippen LogP contribution in [0.3, 0.4) is 0 Å². The summed E-state index contributed by atoms with van der Waals surface area (Å²) in [5, 5.41) is 0.242. The molecule has 0 spiro atoms. The zero-order valence-electron chi connectivity index (χ0n) is 17.9. The predicted octanol–water partition coefficient (Wildman–Crippen LogP) is 4.37. The largest absolute Gasteiger partial charge is 0.495 e. The average Bonchev–Trinajstić information content (AvgIpc) is 3.50. The summed E-state index contributed by atoms with van der Waals surface area (Å²) in [4.78, 5) is 14.7. The Morgan fingerprint density at radius 3 is 2.48 bits per heavy atom. The summed E-state index contributed by atoms with van der Waals surface area (Å²) in [6.45, 7) is 5.17. The zero-order chi connectivity index (χ0) is 23.0. The standard InChI is InChI=1S/C22H26ClFN2O4S/c1-22(2,3)25-31(28,29)20-12-14(8-11-19(20)30-4)21(27)26(15-9-10-15)13-16-17(23)6-5-7-18(16)24/h5-8,11-12,15,25H,9-10,13H2,1-4H3. The number of halogens is 2. The molecule has 0 radical (unpaired) electrons. The third kappa shape index (κ3) is 5.56. The Morgan fingerprint density at radius 2 is 1.94 bits per heavy atom. The van der Waals surface area contributed by atoms with Gasteiger partial charge >= 0.3 is 0 Å². The Labute approximate surface area is 187 Å². The number of amides is 1. The molecule has 1 saturated carbocycles. The van der Waals surface area contributed by atoms with E-state index >= 15 is 0 Å². The molecule has 0 unspecified atom stereocenters. The second-order valence-electron chi connectivity index (χ2n) is 8.59. The summed E-state index contributed by atoms with van der Waals surface area (Å²) in [5.41, 5.74) is -0.305. The second kappa shape index (κ2) is 8.76. The van der Waals surface area contributed by atoms with E-state index in [2.05, 4.69) is 4.72 Å². The van der Waals surface area contributed by atoms with Crippen LogP contribution in [0.4, 0.5) is 4.39 Å². The Kier molecular flexibility index (Phi) is 6.64. The van der Waals surface area contributed by atoms with Crippen molar-refractivity contribution in [2.24, 2.45) is 0 Å². The first-order chi connectivity index (χ1) is 14.4. The van der Waals surface area contributed by atoms with Crippen molar-refractivity contribution in [3.63, 3.8) is 0 Å². The number of sulfonamides is 1. The highest BCUT2D eigenvalue weighted by Gasteiger charge is 2.35. The van der Waals surface area contributed by atoms with Crippen LogP contribution in [0.2, 0.25) is 5.02 Å². The Bertz CT molecular complexity index is 1070. The van der Waals surface area contributed by atoms with E-state index in [0.717, 1.165) is 12.8 Å². The van der Waals surface area contributed by atoms with Crippen LogP contribution in [-0.2, 0) is 16.6 Å². The van der Waals surface area contributed by atoms with Gasteiger partial charge in [0.05, 0.1) is 13.7 Å². The Hall–Kier alpha value is -2.16. The molecule has 1 aliphatic carbocycles. The highest BCUT2D eigenvalue weighted by molar-refractivity contribution is 7.89. The number of nitrogens with zero attached hydrogens (tertiary/aromatic N) is 1. The molecular formula is C22H26ClFN2O4S. The zero-order valence-corrected chi connectivity index (χ0v) is 19.5. The summed E-state index contributed by atoms with van der Waals surface area (Å²) in [5.74, 6) is -0.751. The SMILES string of the molecule is COc1ccc(C(=O)N(Cc2c(F)cccc2Cl)C2CC2)cc1S(=O)(=O)NC(C)(C)C. The van der Waals surface area contributed by atoms with E-state index in [1.807, 2.05) is 0 Å². The van der Waals surface area contributed by atoms with E-state index in [4.69, 9.17) is 16.3 Å². The molecule has 2 aromatic rings. The van der Waals surface area contributed by atoms with Gasteiger partial charge in [0.25, 0.3) is 5.91 Å². The lowest BCUT2D eigenvalue weighted by Gasteiger charge is -2.25. The fourth-order valence-electron chi connectivity index (χ4n) is 3.25. The van der Waals surface area contributed by atoms with Gasteiger partial charge in [-0.05, 0) is 63.9 Å². The average molecular weight is 469 g/mol. The molecule has 0 heterocycles. The van der Waals surface area contributed by atoms with E-state index in [1.54, 1.807) is 31.7 Å². The first kappa shape index (κ1) is 23.5. The molecule has 1 fully saturated rings. The molecule has 0 atom stereocenters. The van der Waals surface area contributed by atoms with Crippen molar-refractivity contribution in [2.75, 3.05) is 7.11 Å². The van der Waals surface area contributed by atoms with Crippen LogP contribution < -0.4 is 9.46 Å². The molecule has 1 N–H and O–H groups in total. The minimum atomic E-state index is -3.95. The number of benzene rings is 2. The normalized spacial score (nSPS) is 14.4. The van der Waals surface area contributed by atoms with Crippen LogP contribution in [0.25, 0.3) is 0 Å². The van der Waals surface area contributed by atoms with Crippen LogP contribution in [-0.4, -0.2) is 37.9 Å². The number of hydrogen-bond acceptors (Lipinski definition) is 4. The van der Waals surface area contributed by atoms with Crippen LogP contribution in [0.1, 0.15) is 49.5 Å². The minimum absolute atomic E-state index is 0.00333. The van der Waals surface area contributed by atoms with Gasteiger partial charge in [0.2, 0.25) is 10.0 Å². The molecule has 2 aromatic carbocycles. The van der Waals surface area contributed by atoms with Crippen LogP contribution in [0.15, 0.2) is 41.3 Å². The summed E-state index contributed by atoms with van der Waals surface area (Å²) in [6.07, 6.45) is 1.59. The van der Waals surface area contributed by atoms with Crippen molar-refractivity contribution in [3.05, 3.63) is 58.4 Å². The fraction of sp³-hybridized carbons (Fsp3) is 0.409.